The lowest BCUT2D eigenvalue weighted by atomic mass is 9.96. The van der Waals surface area contributed by atoms with E-state index < -0.39 is 6.10 Å². The Morgan fingerprint density at radius 1 is 1.09 bits per heavy atom. The molecule has 1 atom stereocenters. The molecule has 4 heteroatoms. The molecule has 0 aliphatic rings. The van der Waals surface area contributed by atoms with Crippen LogP contribution in [0.25, 0.3) is 11.1 Å². The molecule has 0 fully saturated rings. The Labute approximate surface area is 136 Å². The second kappa shape index (κ2) is 7.90. The Hall–Kier alpha value is -2.17. The Kier molecular flexibility index (Phi) is 5.90. The molecule has 4 nitrogen and oxygen atoms in total. The van der Waals surface area contributed by atoms with Crippen LogP contribution in [0.2, 0.25) is 0 Å². The summed E-state index contributed by atoms with van der Waals surface area (Å²) in [5.74, 6) is 0.181. The first-order valence-electron chi connectivity index (χ1n) is 7.78. The number of carbonyl (C=O) groups excluding carboxylic acids is 1. The van der Waals surface area contributed by atoms with Gasteiger partial charge in [-0.05, 0) is 34.7 Å². The maximum absolute atomic E-state index is 12.1. The zero-order valence-corrected chi connectivity index (χ0v) is 13.5. The van der Waals surface area contributed by atoms with Gasteiger partial charge in [-0.2, -0.15) is 0 Å². The maximum atomic E-state index is 12.1. The van der Waals surface area contributed by atoms with Crippen LogP contribution in [0, 0.1) is 0 Å². The van der Waals surface area contributed by atoms with Crippen LogP contribution in [0.5, 0.6) is 0 Å². The zero-order valence-electron chi connectivity index (χ0n) is 13.5. The number of aliphatic hydroxyl groups excluding tert-OH is 2. The van der Waals surface area contributed by atoms with Gasteiger partial charge in [-0.25, -0.2) is 0 Å². The van der Waals surface area contributed by atoms with Crippen LogP contribution in [0.3, 0.4) is 0 Å². The molecule has 2 aromatic carbocycles. The molecule has 0 bridgehead atoms. The van der Waals surface area contributed by atoms with Gasteiger partial charge >= 0.3 is 0 Å². The van der Waals surface area contributed by atoms with Crippen LogP contribution in [0.4, 0.5) is 0 Å². The molecular weight excluding hydrogens is 290 g/mol. The summed E-state index contributed by atoms with van der Waals surface area (Å²) in [6, 6.07) is 15.7. The number of hydrogen-bond donors (Lipinski definition) is 3. The lowest BCUT2D eigenvalue weighted by Crippen LogP contribution is -2.33. The van der Waals surface area contributed by atoms with Crippen molar-refractivity contribution in [2.45, 2.75) is 25.9 Å². The molecule has 0 spiro atoms. The quantitative estimate of drug-likeness (QED) is 0.767. The van der Waals surface area contributed by atoms with Gasteiger partial charge in [0.25, 0.3) is 5.91 Å². The van der Waals surface area contributed by atoms with Crippen molar-refractivity contribution in [2.24, 2.45) is 0 Å². The van der Waals surface area contributed by atoms with Crippen molar-refractivity contribution in [3.63, 3.8) is 0 Å². The molecule has 0 aliphatic heterocycles. The largest absolute Gasteiger partial charge is 0.394 e. The summed E-state index contributed by atoms with van der Waals surface area (Å²) in [4.78, 5) is 12.1. The van der Waals surface area contributed by atoms with Gasteiger partial charge in [0.2, 0.25) is 0 Å². The predicted molar refractivity (Wildman–Crippen MR) is 91.4 cm³/mol. The number of hydrogen-bond acceptors (Lipinski definition) is 3. The molecule has 0 saturated heterocycles. The van der Waals surface area contributed by atoms with E-state index in [4.69, 9.17) is 5.11 Å². The minimum Gasteiger partial charge on any atom is -0.394 e. The van der Waals surface area contributed by atoms with Crippen molar-refractivity contribution in [1.82, 2.24) is 5.32 Å². The fourth-order valence-corrected chi connectivity index (χ4v) is 2.29. The van der Waals surface area contributed by atoms with Crippen LogP contribution < -0.4 is 5.32 Å². The minimum absolute atomic E-state index is 0.0302. The highest BCUT2D eigenvalue weighted by atomic mass is 16.3. The Morgan fingerprint density at radius 3 is 2.39 bits per heavy atom. The van der Waals surface area contributed by atoms with E-state index in [1.165, 1.54) is 5.56 Å². The molecule has 0 radical (unpaired) electrons. The molecule has 0 aliphatic carbocycles. The summed E-state index contributed by atoms with van der Waals surface area (Å²) < 4.78 is 0. The average molecular weight is 313 g/mol. The molecule has 122 valence electrons. The summed E-state index contributed by atoms with van der Waals surface area (Å²) in [7, 11) is 0. The number of benzene rings is 2. The Balaban J connectivity index is 2.19. The third-order valence-corrected chi connectivity index (χ3v) is 3.72. The molecule has 3 N–H and O–H groups in total. The molecule has 1 amide bonds. The van der Waals surface area contributed by atoms with Gasteiger partial charge in [0.15, 0.2) is 0 Å². The first-order valence-corrected chi connectivity index (χ1v) is 7.78. The van der Waals surface area contributed by atoms with E-state index >= 15 is 0 Å². The summed E-state index contributed by atoms with van der Waals surface area (Å²) in [6.45, 7) is 3.95. The summed E-state index contributed by atoms with van der Waals surface area (Å²) in [6.07, 6.45) is -0.940. The van der Waals surface area contributed by atoms with Gasteiger partial charge in [0.05, 0.1) is 12.7 Å². The van der Waals surface area contributed by atoms with E-state index in [9.17, 15) is 9.90 Å². The molecule has 0 saturated carbocycles. The van der Waals surface area contributed by atoms with E-state index in [1.807, 2.05) is 30.3 Å². The van der Waals surface area contributed by atoms with E-state index in [2.05, 4.69) is 31.3 Å². The highest BCUT2D eigenvalue weighted by Gasteiger charge is 2.10. The molecular formula is C19H23NO3. The third-order valence-electron chi connectivity index (χ3n) is 3.72. The number of nitrogens with one attached hydrogen (secondary N) is 1. The second-order valence-electron chi connectivity index (χ2n) is 5.91. The highest BCUT2D eigenvalue weighted by Crippen LogP contribution is 2.24. The van der Waals surface area contributed by atoms with Crippen molar-refractivity contribution in [1.29, 1.82) is 0 Å². The molecule has 2 aromatic rings. The lowest BCUT2D eigenvalue weighted by Gasteiger charge is -2.11. The predicted octanol–water partition coefficient (Wildman–Crippen LogP) is 2.56. The first-order chi connectivity index (χ1) is 11.0. The van der Waals surface area contributed by atoms with Gasteiger partial charge in [0, 0.05) is 12.1 Å². The average Bonchev–Trinajstić information content (AvgIpc) is 2.59. The third kappa shape index (κ3) is 4.65. The number of aliphatic hydroxyl groups is 2. The van der Waals surface area contributed by atoms with Gasteiger partial charge in [-0.15, -0.1) is 0 Å². The van der Waals surface area contributed by atoms with Crippen LogP contribution in [-0.2, 0) is 0 Å². The molecule has 0 heterocycles. The SMILES string of the molecule is CC(C)c1cccc(-c2cccc(C(=O)NCC(O)CO)c2)c1. The normalized spacial score (nSPS) is 12.2. The fraction of sp³-hybridized carbons (Fsp3) is 0.316. The van der Waals surface area contributed by atoms with Crippen LogP contribution >= 0.6 is 0 Å². The van der Waals surface area contributed by atoms with Gasteiger partial charge in [-0.3, -0.25) is 4.79 Å². The standard InChI is InChI=1S/C19H23NO3/c1-13(2)14-5-3-6-15(9-14)16-7-4-8-17(10-16)19(23)20-11-18(22)12-21/h3-10,13,18,21-22H,11-12H2,1-2H3,(H,20,23). The van der Waals surface area contributed by atoms with E-state index in [0.717, 1.165) is 11.1 Å². The molecule has 0 aromatic heterocycles. The molecule has 2 rings (SSSR count). The van der Waals surface area contributed by atoms with E-state index in [0.29, 0.717) is 11.5 Å². The van der Waals surface area contributed by atoms with E-state index in [-0.39, 0.29) is 19.1 Å². The number of amides is 1. The van der Waals surface area contributed by atoms with Gasteiger partial charge < -0.3 is 15.5 Å². The van der Waals surface area contributed by atoms with Crippen LogP contribution in [-0.4, -0.2) is 35.4 Å². The van der Waals surface area contributed by atoms with Crippen LogP contribution in [0.15, 0.2) is 48.5 Å². The van der Waals surface area contributed by atoms with E-state index in [1.54, 1.807) is 6.07 Å². The molecule has 1 unspecified atom stereocenters. The Morgan fingerprint density at radius 2 is 1.74 bits per heavy atom. The highest BCUT2D eigenvalue weighted by molar-refractivity contribution is 5.95. The smallest absolute Gasteiger partial charge is 0.251 e. The van der Waals surface area contributed by atoms with Crippen LogP contribution in [0.1, 0.15) is 35.7 Å². The van der Waals surface area contributed by atoms with Crippen molar-refractivity contribution in [3.8, 4) is 11.1 Å². The minimum atomic E-state index is -0.940. The van der Waals surface area contributed by atoms with Crippen molar-refractivity contribution in [3.05, 3.63) is 59.7 Å². The van der Waals surface area contributed by atoms with Crippen molar-refractivity contribution in [2.75, 3.05) is 13.2 Å². The lowest BCUT2D eigenvalue weighted by molar-refractivity contribution is 0.0802. The fourth-order valence-electron chi connectivity index (χ4n) is 2.29. The Bertz CT molecular complexity index is 667. The summed E-state index contributed by atoms with van der Waals surface area (Å²) >= 11 is 0. The molecule has 23 heavy (non-hydrogen) atoms. The zero-order chi connectivity index (χ0) is 16.8. The van der Waals surface area contributed by atoms with Crippen molar-refractivity contribution < 1.29 is 15.0 Å². The van der Waals surface area contributed by atoms with Gasteiger partial charge in [-0.1, -0.05) is 50.2 Å². The summed E-state index contributed by atoms with van der Waals surface area (Å²) in [5.41, 5.74) is 3.83. The monoisotopic (exact) mass is 313 g/mol. The topological polar surface area (TPSA) is 69.6 Å². The number of rotatable bonds is 6. The summed E-state index contributed by atoms with van der Waals surface area (Å²) in [5, 5.41) is 20.7. The first kappa shape index (κ1) is 17.2. The van der Waals surface area contributed by atoms with Crippen molar-refractivity contribution >= 4 is 5.91 Å². The van der Waals surface area contributed by atoms with Gasteiger partial charge in [0.1, 0.15) is 0 Å². The maximum Gasteiger partial charge on any atom is 0.251 e. The second-order valence-corrected chi connectivity index (χ2v) is 5.91. The number of carbonyl (C=O) groups is 1.